The first-order valence-corrected chi connectivity index (χ1v) is 9.00. The lowest BCUT2D eigenvalue weighted by atomic mass is 10.1. The van der Waals surface area contributed by atoms with Crippen LogP contribution in [0.5, 0.6) is 0 Å². The van der Waals surface area contributed by atoms with Crippen molar-refractivity contribution in [1.82, 2.24) is 5.16 Å². The quantitative estimate of drug-likeness (QED) is 0.604. The van der Waals surface area contributed by atoms with Crippen LogP contribution < -0.4 is 5.32 Å². The average molecular weight is 429 g/mol. The van der Waals surface area contributed by atoms with Gasteiger partial charge in [0.2, 0.25) is 0 Å². The van der Waals surface area contributed by atoms with Crippen LogP contribution in [0, 0.1) is 13.8 Å². The van der Waals surface area contributed by atoms with Crippen molar-refractivity contribution in [3.8, 4) is 11.3 Å². The molecule has 0 bridgehead atoms. The molecule has 0 aliphatic heterocycles. The topological polar surface area (TPSA) is 81.4 Å². The number of aromatic nitrogens is 1. The van der Waals surface area contributed by atoms with Gasteiger partial charge < -0.3 is 14.6 Å². The summed E-state index contributed by atoms with van der Waals surface area (Å²) in [6.07, 6.45) is 0. The maximum atomic E-state index is 12.5. The van der Waals surface area contributed by atoms with Gasteiger partial charge in [-0.15, -0.1) is 0 Å². The Kier molecular flexibility index (Phi) is 5.71. The van der Waals surface area contributed by atoms with Crippen LogP contribution in [0.4, 0.5) is 5.69 Å². The molecular formula is C20H17BrN2O4. The van der Waals surface area contributed by atoms with Crippen molar-refractivity contribution in [3.63, 3.8) is 0 Å². The highest BCUT2D eigenvalue weighted by molar-refractivity contribution is 9.10. The van der Waals surface area contributed by atoms with Gasteiger partial charge >= 0.3 is 5.97 Å². The largest absolute Gasteiger partial charge is 0.452 e. The molecule has 138 valence electrons. The Morgan fingerprint density at radius 1 is 1.15 bits per heavy atom. The lowest BCUT2D eigenvalue weighted by Gasteiger charge is -2.08. The van der Waals surface area contributed by atoms with Gasteiger partial charge in [0.15, 0.2) is 6.61 Å². The van der Waals surface area contributed by atoms with Crippen LogP contribution in [0.1, 0.15) is 21.7 Å². The number of esters is 1. The molecule has 7 heteroatoms. The van der Waals surface area contributed by atoms with E-state index in [-0.39, 0.29) is 5.56 Å². The summed E-state index contributed by atoms with van der Waals surface area (Å²) in [6, 6.07) is 14.6. The highest BCUT2D eigenvalue weighted by atomic mass is 79.9. The number of carbonyl (C=O) groups excluding carboxylic acids is 2. The average Bonchev–Trinajstić information content (AvgIpc) is 3.05. The first-order chi connectivity index (χ1) is 13.0. The number of nitrogens with one attached hydrogen (secondary N) is 1. The van der Waals surface area contributed by atoms with Gasteiger partial charge in [-0.25, -0.2) is 4.79 Å². The van der Waals surface area contributed by atoms with E-state index < -0.39 is 18.5 Å². The maximum absolute atomic E-state index is 12.5. The van der Waals surface area contributed by atoms with E-state index >= 15 is 0 Å². The maximum Gasteiger partial charge on any atom is 0.344 e. The normalized spacial score (nSPS) is 10.5. The number of rotatable bonds is 5. The highest BCUT2D eigenvalue weighted by Gasteiger charge is 2.23. The molecule has 0 radical (unpaired) electrons. The van der Waals surface area contributed by atoms with Gasteiger partial charge in [-0.2, -0.15) is 0 Å². The van der Waals surface area contributed by atoms with Gasteiger partial charge in [-0.3, -0.25) is 4.79 Å². The fourth-order valence-corrected chi connectivity index (χ4v) is 2.78. The molecule has 1 heterocycles. The van der Waals surface area contributed by atoms with E-state index in [9.17, 15) is 9.59 Å². The van der Waals surface area contributed by atoms with Crippen molar-refractivity contribution < 1.29 is 18.8 Å². The second kappa shape index (κ2) is 8.18. The molecule has 0 aliphatic rings. The summed E-state index contributed by atoms with van der Waals surface area (Å²) < 4.78 is 11.2. The Balaban J connectivity index is 1.67. The molecule has 0 spiro atoms. The molecule has 0 fully saturated rings. The third kappa shape index (κ3) is 4.43. The molecule has 1 aromatic heterocycles. The summed E-state index contributed by atoms with van der Waals surface area (Å²) in [5.74, 6) is -0.752. The first-order valence-electron chi connectivity index (χ1n) is 8.20. The van der Waals surface area contributed by atoms with Crippen LogP contribution in [-0.2, 0) is 9.53 Å². The van der Waals surface area contributed by atoms with Crippen LogP contribution in [0.15, 0.2) is 57.5 Å². The minimum Gasteiger partial charge on any atom is -0.452 e. The molecule has 0 saturated carbocycles. The zero-order valence-corrected chi connectivity index (χ0v) is 16.4. The van der Waals surface area contributed by atoms with E-state index in [1.54, 1.807) is 13.0 Å². The lowest BCUT2D eigenvalue weighted by molar-refractivity contribution is -0.119. The van der Waals surface area contributed by atoms with Crippen LogP contribution in [-0.4, -0.2) is 23.6 Å². The molecule has 0 aliphatic carbocycles. The zero-order valence-electron chi connectivity index (χ0n) is 14.8. The molecule has 0 saturated heterocycles. The molecule has 0 atom stereocenters. The standard InChI is InChI=1S/C20H17BrN2O4/c1-12-10-15(8-9-16(12)21)22-17(24)11-26-20(25)18-13(2)27-23-19(18)14-6-4-3-5-7-14/h3-10H,11H2,1-2H3,(H,22,24). The Morgan fingerprint density at radius 3 is 2.59 bits per heavy atom. The third-order valence-corrected chi connectivity index (χ3v) is 4.78. The van der Waals surface area contributed by atoms with E-state index in [4.69, 9.17) is 9.26 Å². The fraction of sp³-hybridized carbons (Fsp3) is 0.150. The van der Waals surface area contributed by atoms with Crippen molar-refractivity contribution in [3.05, 3.63) is 69.9 Å². The van der Waals surface area contributed by atoms with Gasteiger partial charge in [-0.05, 0) is 37.6 Å². The van der Waals surface area contributed by atoms with Crippen molar-refractivity contribution in [1.29, 1.82) is 0 Å². The fourth-order valence-electron chi connectivity index (χ4n) is 2.53. The van der Waals surface area contributed by atoms with Crippen molar-refractivity contribution in [2.75, 3.05) is 11.9 Å². The number of nitrogens with zero attached hydrogens (tertiary/aromatic N) is 1. The molecule has 1 amide bonds. The molecule has 27 heavy (non-hydrogen) atoms. The highest BCUT2D eigenvalue weighted by Crippen LogP contribution is 2.25. The summed E-state index contributed by atoms with van der Waals surface area (Å²) in [7, 11) is 0. The molecule has 6 nitrogen and oxygen atoms in total. The zero-order chi connectivity index (χ0) is 19.4. The third-order valence-electron chi connectivity index (χ3n) is 3.89. The smallest absolute Gasteiger partial charge is 0.344 e. The summed E-state index contributed by atoms with van der Waals surface area (Å²) in [5.41, 5.74) is 2.95. The Labute approximate surface area is 164 Å². The number of hydrogen-bond donors (Lipinski definition) is 1. The van der Waals surface area contributed by atoms with Crippen LogP contribution >= 0.6 is 15.9 Å². The van der Waals surface area contributed by atoms with Gasteiger partial charge in [0.1, 0.15) is 17.0 Å². The Morgan fingerprint density at radius 2 is 1.89 bits per heavy atom. The summed E-state index contributed by atoms with van der Waals surface area (Å²) in [6.45, 7) is 3.13. The first kappa shape index (κ1) is 18.8. The molecule has 1 N–H and O–H groups in total. The van der Waals surface area contributed by atoms with E-state index in [1.165, 1.54) is 0 Å². The number of aryl methyl sites for hydroxylation is 2. The number of anilines is 1. The van der Waals surface area contributed by atoms with Crippen LogP contribution in [0.3, 0.4) is 0 Å². The Hall–Kier alpha value is -2.93. The summed E-state index contributed by atoms with van der Waals surface area (Å²) in [5, 5.41) is 6.63. The number of hydrogen-bond acceptors (Lipinski definition) is 5. The molecular weight excluding hydrogens is 412 g/mol. The van der Waals surface area contributed by atoms with Crippen molar-refractivity contribution in [2.24, 2.45) is 0 Å². The minimum absolute atomic E-state index is 0.216. The van der Waals surface area contributed by atoms with Gasteiger partial charge in [0, 0.05) is 15.7 Å². The van der Waals surface area contributed by atoms with E-state index in [2.05, 4.69) is 26.4 Å². The number of carbonyl (C=O) groups is 2. The van der Waals surface area contributed by atoms with E-state index in [0.29, 0.717) is 17.1 Å². The lowest BCUT2D eigenvalue weighted by Crippen LogP contribution is -2.21. The number of amides is 1. The van der Waals surface area contributed by atoms with Crippen LogP contribution in [0.2, 0.25) is 0 Å². The number of ether oxygens (including phenoxy) is 1. The van der Waals surface area contributed by atoms with Gasteiger partial charge in [0.25, 0.3) is 5.91 Å². The Bertz CT molecular complexity index is 983. The second-order valence-electron chi connectivity index (χ2n) is 5.92. The molecule has 0 unspecified atom stereocenters. The number of benzene rings is 2. The molecule has 2 aromatic carbocycles. The molecule has 3 rings (SSSR count). The minimum atomic E-state index is -0.658. The summed E-state index contributed by atoms with van der Waals surface area (Å²) >= 11 is 3.40. The van der Waals surface area contributed by atoms with Gasteiger partial charge in [-0.1, -0.05) is 51.4 Å². The number of halogens is 1. The summed E-state index contributed by atoms with van der Waals surface area (Å²) in [4.78, 5) is 24.6. The molecule has 3 aromatic rings. The van der Waals surface area contributed by atoms with Crippen molar-refractivity contribution in [2.45, 2.75) is 13.8 Å². The van der Waals surface area contributed by atoms with Crippen molar-refractivity contribution >= 4 is 33.5 Å². The van der Waals surface area contributed by atoms with E-state index in [0.717, 1.165) is 15.6 Å². The SMILES string of the molecule is Cc1cc(NC(=O)COC(=O)c2c(-c3ccccc3)noc2C)ccc1Br. The monoisotopic (exact) mass is 428 g/mol. The van der Waals surface area contributed by atoms with Crippen LogP contribution in [0.25, 0.3) is 11.3 Å². The predicted molar refractivity (Wildman–Crippen MR) is 104 cm³/mol. The second-order valence-corrected chi connectivity index (χ2v) is 6.77. The predicted octanol–water partition coefficient (Wildman–Crippen LogP) is 4.52. The van der Waals surface area contributed by atoms with Gasteiger partial charge in [0.05, 0.1) is 0 Å². The van der Waals surface area contributed by atoms with E-state index in [1.807, 2.05) is 49.4 Å².